The molecule has 1 fully saturated rings. The van der Waals surface area contributed by atoms with Crippen LogP contribution in [0.25, 0.3) is 5.69 Å². The summed E-state index contributed by atoms with van der Waals surface area (Å²) in [7, 11) is 3.92. The van der Waals surface area contributed by atoms with Gasteiger partial charge in [-0.05, 0) is 82.4 Å². The minimum absolute atomic E-state index is 0.0140. The van der Waals surface area contributed by atoms with Gasteiger partial charge in [0.15, 0.2) is 11.0 Å². The standard InChI is InChI=1S/C24H29FN6OS/c1-17(29(2)3)23-27-28-24(31(23)21-10-6-18(25)7-11-21)33-16-22(32)26-19-8-12-20(13-9-19)30-14-4-5-15-30/h6-13,17H,4-5,14-16H2,1-3H3,(H,26,32). The van der Waals surface area contributed by atoms with Gasteiger partial charge in [-0.25, -0.2) is 4.39 Å². The van der Waals surface area contributed by atoms with Crippen LogP contribution < -0.4 is 10.2 Å². The van der Waals surface area contributed by atoms with Gasteiger partial charge in [-0.2, -0.15) is 0 Å². The Morgan fingerprint density at radius 1 is 1.06 bits per heavy atom. The highest BCUT2D eigenvalue weighted by atomic mass is 32.2. The predicted molar refractivity (Wildman–Crippen MR) is 131 cm³/mol. The zero-order valence-electron chi connectivity index (χ0n) is 19.2. The van der Waals surface area contributed by atoms with Crippen molar-refractivity contribution in [2.75, 3.05) is 43.2 Å². The summed E-state index contributed by atoms with van der Waals surface area (Å²) in [6.45, 7) is 4.20. The van der Waals surface area contributed by atoms with E-state index in [1.165, 1.54) is 42.4 Å². The Kier molecular flexibility index (Phi) is 7.29. The number of nitrogens with zero attached hydrogens (tertiary/aromatic N) is 5. The molecule has 7 nitrogen and oxygen atoms in total. The molecule has 1 saturated heterocycles. The summed E-state index contributed by atoms with van der Waals surface area (Å²) in [6.07, 6.45) is 2.46. The fraction of sp³-hybridized carbons (Fsp3) is 0.375. The van der Waals surface area contributed by atoms with Crippen LogP contribution in [-0.2, 0) is 4.79 Å². The Labute approximate surface area is 198 Å². The lowest BCUT2D eigenvalue weighted by Crippen LogP contribution is -2.21. The number of aromatic nitrogens is 3. The third kappa shape index (κ3) is 5.54. The van der Waals surface area contributed by atoms with Gasteiger partial charge in [0, 0.05) is 30.2 Å². The van der Waals surface area contributed by atoms with E-state index in [0.29, 0.717) is 5.16 Å². The minimum Gasteiger partial charge on any atom is -0.372 e. The lowest BCUT2D eigenvalue weighted by molar-refractivity contribution is -0.113. The topological polar surface area (TPSA) is 66.3 Å². The van der Waals surface area contributed by atoms with E-state index in [1.807, 2.05) is 54.8 Å². The number of anilines is 2. The molecule has 0 spiro atoms. The number of thioether (sulfide) groups is 1. The number of nitrogens with one attached hydrogen (secondary N) is 1. The second kappa shape index (κ2) is 10.4. The summed E-state index contributed by atoms with van der Waals surface area (Å²) in [5.41, 5.74) is 2.71. The number of hydrogen-bond acceptors (Lipinski definition) is 6. The van der Waals surface area contributed by atoms with E-state index in [2.05, 4.69) is 20.4 Å². The molecule has 0 aliphatic carbocycles. The summed E-state index contributed by atoms with van der Waals surface area (Å²) in [5.74, 6) is 0.485. The quantitative estimate of drug-likeness (QED) is 0.496. The van der Waals surface area contributed by atoms with Crippen molar-refractivity contribution >= 4 is 29.0 Å². The number of hydrogen-bond donors (Lipinski definition) is 1. The Morgan fingerprint density at radius 2 is 1.70 bits per heavy atom. The van der Waals surface area contributed by atoms with Crippen LogP contribution in [0.1, 0.15) is 31.6 Å². The van der Waals surface area contributed by atoms with Gasteiger partial charge in [-0.3, -0.25) is 14.3 Å². The highest BCUT2D eigenvalue weighted by molar-refractivity contribution is 7.99. The van der Waals surface area contributed by atoms with E-state index in [9.17, 15) is 9.18 Å². The summed E-state index contributed by atoms with van der Waals surface area (Å²) >= 11 is 1.30. The van der Waals surface area contributed by atoms with Crippen molar-refractivity contribution in [3.8, 4) is 5.69 Å². The second-order valence-corrected chi connectivity index (χ2v) is 9.31. The van der Waals surface area contributed by atoms with Gasteiger partial charge in [0.2, 0.25) is 5.91 Å². The van der Waals surface area contributed by atoms with Crippen molar-refractivity contribution in [1.29, 1.82) is 0 Å². The van der Waals surface area contributed by atoms with Gasteiger partial charge >= 0.3 is 0 Å². The van der Waals surface area contributed by atoms with Gasteiger partial charge in [0.1, 0.15) is 5.82 Å². The minimum atomic E-state index is -0.307. The molecule has 1 amide bonds. The van der Waals surface area contributed by atoms with Crippen LogP contribution in [0.4, 0.5) is 15.8 Å². The third-order valence-corrected chi connectivity index (χ3v) is 6.78. The largest absolute Gasteiger partial charge is 0.372 e. The van der Waals surface area contributed by atoms with Gasteiger partial charge in [-0.15, -0.1) is 10.2 Å². The van der Waals surface area contributed by atoms with Crippen molar-refractivity contribution in [2.24, 2.45) is 0 Å². The molecule has 9 heteroatoms. The monoisotopic (exact) mass is 468 g/mol. The predicted octanol–water partition coefficient (Wildman–Crippen LogP) is 4.36. The first kappa shape index (κ1) is 23.3. The molecule has 2 aromatic carbocycles. The molecule has 2 heterocycles. The normalized spacial score (nSPS) is 14.6. The fourth-order valence-electron chi connectivity index (χ4n) is 3.77. The molecule has 3 aromatic rings. The van der Waals surface area contributed by atoms with E-state index in [0.717, 1.165) is 30.3 Å². The molecule has 1 aliphatic heterocycles. The number of carbonyl (C=O) groups is 1. The molecule has 1 aromatic heterocycles. The van der Waals surface area contributed by atoms with E-state index < -0.39 is 0 Å². The van der Waals surface area contributed by atoms with Gasteiger partial charge in [0.05, 0.1) is 11.8 Å². The van der Waals surface area contributed by atoms with Crippen molar-refractivity contribution in [2.45, 2.75) is 31.0 Å². The number of halogens is 1. The van der Waals surface area contributed by atoms with E-state index in [1.54, 1.807) is 12.1 Å². The van der Waals surface area contributed by atoms with Crippen LogP contribution in [0, 0.1) is 5.82 Å². The number of carbonyl (C=O) groups excluding carboxylic acids is 1. The van der Waals surface area contributed by atoms with E-state index >= 15 is 0 Å². The van der Waals surface area contributed by atoms with Crippen LogP contribution >= 0.6 is 11.8 Å². The maximum atomic E-state index is 13.5. The molecule has 1 aliphatic rings. The molecular formula is C24H29FN6OS. The average Bonchev–Trinajstić information content (AvgIpc) is 3.49. The Balaban J connectivity index is 1.45. The van der Waals surface area contributed by atoms with Gasteiger partial charge < -0.3 is 10.2 Å². The molecular weight excluding hydrogens is 439 g/mol. The molecule has 0 saturated carbocycles. The van der Waals surface area contributed by atoms with Crippen LogP contribution in [0.2, 0.25) is 0 Å². The zero-order chi connectivity index (χ0) is 23.4. The summed E-state index contributed by atoms with van der Waals surface area (Å²) in [6, 6.07) is 14.2. The summed E-state index contributed by atoms with van der Waals surface area (Å²) in [4.78, 5) is 17.0. The number of rotatable bonds is 8. The molecule has 0 radical (unpaired) electrons. The second-order valence-electron chi connectivity index (χ2n) is 8.37. The molecule has 174 valence electrons. The first-order valence-corrected chi connectivity index (χ1v) is 12.1. The summed E-state index contributed by atoms with van der Waals surface area (Å²) in [5, 5.41) is 12.2. The smallest absolute Gasteiger partial charge is 0.234 e. The van der Waals surface area contributed by atoms with Crippen LogP contribution in [0.15, 0.2) is 53.7 Å². The van der Waals surface area contributed by atoms with Crippen LogP contribution in [-0.4, -0.2) is 58.5 Å². The molecule has 4 rings (SSSR count). The zero-order valence-corrected chi connectivity index (χ0v) is 20.0. The highest BCUT2D eigenvalue weighted by Gasteiger charge is 2.21. The highest BCUT2D eigenvalue weighted by Crippen LogP contribution is 2.27. The van der Waals surface area contributed by atoms with Crippen molar-refractivity contribution in [3.63, 3.8) is 0 Å². The average molecular weight is 469 g/mol. The lowest BCUT2D eigenvalue weighted by Gasteiger charge is -2.20. The maximum absolute atomic E-state index is 13.5. The number of amides is 1. The van der Waals surface area contributed by atoms with Crippen molar-refractivity contribution in [3.05, 3.63) is 60.2 Å². The molecule has 0 bridgehead atoms. The Bertz CT molecular complexity index is 1080. The maximum Gasteiger partial charge on any atom is 0.234 e. The van der Waals surface area contributed by atoms with Crippen LogP contribution in [0.5, 0.6) is 0 Å². The lowest BCUT2D eigenvalue weighted by atomic mass is 10.2. The fourth-order valence-corrected chi connectivity index (χ4v) is 4.53. The van der Waals surface area contributed by atoms with Gasteiger partial charge in [0.25, 0.3) is 0 Å². The van der Waals surface area contributed by atoms with Crippen molar-refractivity contribution < 1.29 is 9.18 Å². The van der Waals surface area contributed by atoms with E-state index in [-0.39, 0.29) is 23.5 Å². The van der Waals surface area contributed by atoms with Gasteiger partial charge in [-0.1, -0.05) is 11.8 Å². The van der Waals surface area contributed by atoms with E-state index in [4.69, 9.17) is 0 Å². The third-order valence-electron chi connectivity index (χ3n) is 5.85. The molecule has 1 N–H and O–H groups in total. The molecule has 33 heavy (non-hydrogen) atoms. The SMILES string of the molecule is CC(c1nnc(SCC(=O)Nc2ccc(N3CCCC3)cc2)n1-c1ccc(F)cc1)N(C)C. The molecule has 1 unspecified atom stereocenters. The first-order chi connectivity index (χ1) is 15.9. The Morgan fingerprint density at radius 3 is 2.33 bits per heavy atom. The first-order valence-electron chi connectivity index (χ1n) is 11.1. The molecule has 1 atom stereocenters. The van der Waals surface area contributed by atoms with Crippen molar-refractivity contribution in [1.82, 2.24) is 19.7 Å². The Hall–Kier alpha value is -2.91. The summed E-state index contributed by atoms with van der Waals surface area (Å²) < 4.78 is 15.4. The number of benzene rings is 2. The van der Waals surface area contributed by atoms with Crippen LogP contribution in [0.3, 0.4) is 0 Å².